The van der Waals surface area contributed by atoms with E-state index in [-0.39, 0.29) is 0 Å². The van der Waals surface area contributed by atoms with Crippen LogP contribution in [0.5, 0.6) is 0 Å². The number of Topliss-reactive ketones (excluding diaryl/α,β-unsaturated/α-hetero) is 1. The van der Waals surface area contributed by atoms with Gasteiger partial charge in [-0.25, -0.2) is 0 Å². The van der Waals surface area contributed by atoms with Gasteiger partial charge in [-0.1, -0.05) is 61.0 Å². The van der Waals surface area contributed by atoms with Crippen LogP contribution in [0.4, 0.5) is 0 Å². The van der Waals surface area contributed by atoms with Crippen LogP contribution in [0.1, 0.15) is 44.9 Å². The molecule has 1 atom stereocenters. The fourth-order valence-electron chi connectivity index (χ4n) is 4.99. The smallest absolute Gasteiger partial charge is 0.135 e. The summed E-state index contributed by atoms with van der Waals surface area (Å²) in [4.78, 5) is 12.0. The van der Waals surface area contributed by atoms with Gasteiger partial charge in [0.05, 0.1) is 6.16 Å². The normalized spacial score (nSPS) is 16.7. The minimum atomic E-state index is -1.70. The second-order valence-corrected chi connectivity index (χ2v) is 12.1. The van der Waals surface area contributed by atoms with Crippen molar-refractivity contribution in [1.82, 2.24) is 0 Å². The van der Waals surface area contributed by atoms with Gasteiger partial charge in [-0.05, 0) is 68.5 Å². The molecule has 1 saturated carbocycles. The Balaban J connectivity index is 1.59. The molecule has 4 rings (SSSR count). The summed E-state index contributed by atoms with van der Waals surface area (Å²) in [6, 6.07) is 33.4. The molecule has 0 radical (unpaired) electrons. The Hall–Kier alpha value is -2.24. The largest absolute Gasteiger partial charge is 0.299 e. The summed E-state index contributed by atoms with van der Waals surface area (Å²) in [5, 5.41) is 4.40. The molecule has 3 aromatic rings. The van der Waals surface area contributed by atoms with Crippen molar-refractivity contribution >= 4 is 29.0 Å². The standard InChI is InChI=1S/C28H32OP/c29-28-22-13-15-24(28)14-5-4-12-23-30(25-16-6-1-7-17-25,26-18-8-2-9-19-26)27-20-10-3-11-21-27/h1-3,6-11,16-21,24H,4-5,12-15,22-23H2/q+1. The summed E-state index contributed by atoms with van der Waals surface area (Å²) in [6.45, 7) is 0. The Morgan fingerprint density at radius 2 is 1.17 bits per heavy atom. The number of rotatable bonds is 9. The van der Waals surface area contributed by atoms with Crippen LogP contribution in [0.3, 0.4) is 0 Å². The van der Waals surface area contributed by atoms with Gasteiger partial charge in [0.2, 0.25) is 0 Å². The first-order valence-corrected chi connectivity index (χ1v) is 13.4. The lowest BCUT2D eigenvalue weighted by molar-refractivity contribution is -0.120. The van der Waals surface area contributed by atoms with Crippen molar-refractivity contribution in [2.24, 2.45) is 5.92 Å². The number of hydrogen-bond donors (Lipinski definition) is 0. The molecule has 0 aromatic heterocycles. The molecule has 30 heavy (non-hydrogen) atoms. The zero-order valence-corrected chi connectivity index (χ0v) is 18.6. The van der Waals surface area contributed by atoms with Crippen LogP contribution in [-0.4, -0.2) is 11.9 Å². The van der Waals surface area contributed by atoms with Gasteiger partial charge in [0.1, 0.15) is 29.0 Å². The lowest BCUT2D eigenvalue weighted by atomic mass is 9.99. The molecule has 1 unspecified atom stereocenters. The van der Waals surface area contributed by atoms with Crippen LogP contribution >= 0.6 is 7.26 Å². The van der Waals surface area contributed by atoms with Crippen molar-refractivity contribution in [3.63, 3.8) is 0 Å². The van der Waals surface area contributed by atoms with Crippen LogP contribution in [-0.2, 0) is 4.79 Å². The highest BCUT2D eigenvalue weighted by Gasteiger charge is 2.44. The van der Waals surface area contributed by atoms with Crippen LogP contribution in [0, 0.1) is 5.92 Å². The lowest BCUT2D eigenvalue weighted by Crippen LogP contribution is -2.33. The van der Waals surface area contributed by atoms with Crippen molar-refractivity contribution in [2.45, 2.75) is 44.9 Å². The van der Waals surface area contributed by atoms with Gasteiger partial charge < -0.3 is 0 Å². The first kappa shape index (κ1) is 21.0. The highest BCUT2D eigenvalue weighted by molar-refractivity contribution is 7.95. The predicted octanol–water partition coefficient (Wildman–Crippen LogP) is 5.91. The third-order valence-electron chi connectivity index (χ3n) is 6.57. The summed E-state index contributed by atoms with van der Waals surface area (Å²) in [6.07, 6.45) is 8.90. The van der Waals surface area contributed by atoms with Crippen LogP contribution in [0.15, 0.2) is 91.0 Å². The first-order valence-electron chi connectivity index (χ1n) is 11.4. The van der Waals surface area contributed by atoms with Crippen LogP contribution < -0.4 is 15.9 Å². The third kappa shape index (κ3) is 4.57. The summed E-state index contributed by atoms with van der Waals surface area (Å²) >= 11 is 0. The number of carbonyl (C=O) groups excluding carboxylic acids is 1. The van der Waals surface area contributed by atoms with E-state index in [1.54, 1.807) is 0 Å². The molecule has 1 fully saturated rings. The quantitative estimate of drug-likeness (QED) is 0.314. The Morgan fingerprint density at radius 3 is 1.60 bits per heavy atom. The van der Waals surface area contributed by atoms with Crippen molar-refractivity contribution in [3.8, 4) is 0 Å². The van der Waals surface area contributed by atoms with E-state index >= 15 is 0 Å². The van der Waals surface area contributed by atoms with E-state index in [0.717, 1.165) is 25.7 Å². The molecule has 0 bridgehead atoms. The van der Waals surface area contributed by atoms with Gasteiger partial charge in [-0.15, -0.1) is 0 Å². The predicted molar refractivity (Wildman–Crippen MR) is 131 cm³/mol. The maximum Gasteiger partial charge on any atom is 0.135 e. The molecule has 1 nitrogen and oxygen atoms in total. The van der Waals surface area contributed by atoms with Crippen molar-refractivity contribution in [3.05, 3.63) is 91.0 Å². The average molecular weight is 416 g/mol. The Kier molecular flexibility index (Phi) is 7.13. The maximum absolute atomic E-state index is 12.0. The fraction of sp³-hybridized carbons (Fsp3) is 0.321. The van der Waals surface area contributed by atoms with Crippen molar-refractivity contribution in [1.29, 1.82) is 0 Å². The van der Waals surface area contributed by atoms with Crippen LogP contribution in [0.2, 0.25) is 0 Å². The summed E-state index contributed by atoms with van der Waals surface area (Å²) in [5.41, 5.74) is 0. The first-order chi connectivity index (χ1) is 14.8. The molecule has 0 N–H and O–H groups in total. The number of ketones is 1. The molecule has 3 aromatic carbocycles. The SMILES string of the molecule is O=C1CCCC1CCCCC[P+](c1ccccc1)(c1ccccc1)c1ccccc1. The van der Waals surface area contributed by atoms with E-state index in [0.29, 0.717) is 11.7 Å². The molecular weight excluding hydrogens is 383 g/mol. The average Bonchev–Trinajstić information content (AvgIpc) is 3.23. The molecule has 0 aliphatic heterocycles. The minimum absolute atomic E-state index is 0.349. The van der Waals surface area contributed by atoms with E-state index in [4.69, 9.17) is 0 Å². The second-order valence-electron chi connectivity index (χ2n) is 8.44. The number of unbranched alkanes of at least 4 members (excludes halogenated alkanes) is 2. The minimum Gasteiger partial charge on any atom is -0.299 e. The zero-order valence-electron chi connectivity index (χ0n) is 17.7. The molecule has 154 valence electrons. The maximum atomic E-state index is 12.0. The molecular formula is C28H32OP+. The van der Waals surface area contributed by atoms with Gasteiger partial charge in [0, 0.05) is 12.3 Å². The summed E-state index contributed by atoms with van der Waals surface area (Å²) < 4.78 is 0. The van der Waals surface area contributed by atoms with E-state index in [1.807, 2.05) is 0 Å². The number of benzene rings is 3. The molecule has 2 heteroatoms. The van der Waals surface area contributed by atoms with E-state index in [2.05, 4.69) is 91.0 Å². The summed E-state index contributed by atoms with van der Waals surface area (Å²) in [5.74, 6) is 0.858. The van der Waals surface area contributed by atoms with E-state index < -0.39 is 7.26 Å². The van der Waals surface area contributed by atoms with Crippen molar-refractivity contribution < 1.29 is 4.79 Å². The van der Waals surface area contributed by atoms with Crippen molar-refractivity contribution in [2.75, 3.05) is 6.16 Å². The zero-order chi connectivity index (χ0) is 20.7. The van der Waals surface area contributed by atoms with Gasteiger partial charge >= 0.3 is 0 Å². The second kappa shape index (κ2) is 10.2. The molecule has 0 amide bonds. The van der Waals surface area contributed by atoms with Gasteiger partial charge in [0.25, 0.3) is 0 Å². The molecule has 1 aliphatic rings. The van der Waals surface area contributed by atoms with E-state index in [9.17, 15) is 4.79 Å². The molecule has 0 saturated heterocycles. The lowest BCUT2D eigenvalue weighted by Gasteiger charge is -2.27. The Morgan fingerprint density at radius 1 is 0.667 bits per heavy atom. The van der Waals surface area contributed by atoms with E-state index in [1.165, 1.54) is 41.3 Å². The number of hydrogen-bond acceptors (Lipinski definition) is 1. The Labute approximate surface area is 181 Å². The third-order valence-corrected chi connectivity index (χ3v) is 11.1. The molecule has 1 aliphatic carbocycles. The molecule has 0 spiro atoms. The highest BCUT2D eigenvalue weighted by Crippen LogP contribution is 2.56. The highest BCUT2D eigenvalue weighted by atomic mass is 31.2. The van der Waals surface area contributed by atoms with Gasteiger partial charge in [-0.2, -0.15) is 0 Å². The van der Waals surface area contributed by atoms with Gasteiger partial charge in [-0.3, -0.25) is 4.79 Å². The Bertz CT molecular complexity index is 824. The van der Waals surface area contributed by atoms with Gasteiger partial charge in [0.15, 0.2) is 0 Å². The fourth-order valence-corrected chi connectivity index (χ4v) is 9.40. The molecule has 0 heterocycles. The number of carbonyl (C=O) groups is 1. The monoisotopic (exact) mass is 415 g/mol. The van der Waals surface area contributed by atoms with Crippen LogP contribution in [0.25, 0.3) is 0 Å². The topological polar surface area (TPSA) is 17.1 Å². The summed E-state index contributed by atoms with van der Waals surface area (Å²) in [7, 11) is -1.70.